The van der Waals surface area contributed by atoms with Gasteiger partial charge in [-0.3, -0.25) is 4.79 Å². The van der Waals surface area contributed by atoms with Gasteiger partial charge in [0.15, 0.2) is 0 Å². The smallest absolute Gasteiger partial charge is 0.226 e. The molecule has 0 bridgehead atoms. The number of carbonyl (C=O) groups is 1. The molecule has 17 heavy (non-hydrogen) atoms. The average Bonchev–Trinajstić information content (AvgIpc) is 2.83. The van der Waals surface area contributed by atoms with Gasteiger partial charge >= 0.3 is 0 Å². The molecule has 0 spiro atoms. The van der Waals surface area contributed by atoms with Crippen LogP contribution in [0.5, 0.6) is 0 Å². The summed E-state index contributed by atoms with van der Waals surface area (Å²) in [5.74, 6) is 0.218. The van der Waals surface area contributed by atoms with Crippen LogP contribution in [-0.4, -0.2) is 37.0 Å². The third kappa shape index (κ3) is 3.82. The van der Waals surface area contributed by atoms with Gasteiger partial charge in [0, 0.05) is 19.6 Å². The molecule has 2 heterocycles. The van der Waals surface area contributed by atoms with Gasteiger partial charge in [-0.15, -0.1) is 0 Å². The molecule has 1 atom stereocenters. The second-order valence-corrected chi connectivity index (χ2v) is 5.51. The van der Waals surface area contributed by atoms with Crippen molar-refractivity contribution in [3.05, 3.63) is 22.4 Å². The highest BCUT2D eigenvalue weighted by atomic mass is 32.1. The van der Waals surface area contributed by atoms with Crippen molar-refractivity contribution < 1.29 is 4.79 Å². The van der Waals surface area contributed by atoms with Gasteiger partial charge in [0.25, 0.3) is 0 Å². The molecule has 2 rings (SSSR count). The van der Waals surface area contributed by atoms with E-state index in [9.17, 15) is 4.79 Å². The van der Waals surface area contributed by atoms with Crippen LogP contribution in [-0.2, 0) is 11.2 Å². The van der Waals surface area contributed by atoms with Gasteiger partial charge in [-0.25, -0.2) is 0 Å². The Labute approximate surface area is 107 Å². The Balaban J connectivity index is 1.78. The number of nitrogens with zero attached hydrogens (tertiary/aromatic N) is 1. The summed E-state index contributed by atoms with van der Waals surface area (Å²) in [6.45, 7) is 1.93. The summed E-state index contributed by atoms with van der Waals surface area (Å²) >= 11 is 1.65. The summed E-state index contributed by atoms with van der Waals surface area (Å²) in [4.78, 5) is 13.8. The number of hydrogen-bond acceptors (Lipinski definition) is 3. The number of hydrogen-bond donors (Lipinski definition) is 1. The lowest BCUT2D eigenvalue weighted by atomic mass is 10.0. The standard InChI is InChI=1S/C13H20N2OS/c1-15(9-12-4-2-3-6-14-12)13(16)8-11-5-7-17-10-11/h5,7,10,12,14H,2-4,6,8-9H2,1H3/t12-/m0/s1. The number of thiophene rings is 1. The maximum Gasteiger partial charge on any atom is 0.226 e. The van der Waals surface area contributed by atoms with Crippen LogP contribution >= 0.6 is 11.3 Å². The van der Waals surface area contributed by atoms with Crippen molar-refractivity contribution in [3.8, 4) is 0 Å². The maximum absolute atomic E-state index is 12.0. The van der Waals surface area contributed by atoms with Crippen LogP contribution in [0.3, 0.4) is 0 Å². The van der Waals surface area contributed by atoms with Crippen LogP contribution in [0.1, 0.15) is 24.8 Å². The van der Waals surface area contributed by atoms with E-state index >= 15 is 0 Å². The minimum absolute atomic E-state index is 0.218. The van der Waals surface area contributed by atoms with E-state index in [1.807, 2.05) is 28.8 Å². The minimum Gasteiger partial charge on any atom is -0.344 e. The molecule has 1 aliphatic rings. The first-order valence-corrected chi connectivity index (χ1v) is 7.18. The molecule has 1 saturated heterocycles. The van der Waals surface area contributed by atoms with Gasteiger partial charge in [-0.2, -0.15) is 11.3 Å². The summed E-state index contributed by atoms with van der Waals surface area (Å²) in [5, 5.41) is 7.54. The van der Waals surface area contributed by atoms with Crippen molar-refractivity contribution >= 4 is 17.2 Å². The topological polar surface area (TPSA) is 32.3 Å². The molecule has 0 radical (unpaired) electrons. The van der Waals surface area contributed by atoms with Crippen molar-refractivity contribution in [1.82, 2.24) is 10.2 Å². The number of piperidine rings is 1. The molecular formula is C13H20N2OS. The average molecular weight is 252 g/mol. The van der Waals surface area contributed by atoms with Crippen molar-refractivity contribution in [3.63, 3.8) is 0 Å². The Hall–Kier alpha value is -0.870. The number of amides is 1. The molecular weight excluding hydrogens is 232 g/mol. The fraction of sp³-hybridized carbons (Fsp3) is 0.615. The van der Waals surface area contributed by atoms with Crippen molar-refractivity contribution in [2.75, 3.05) is 20.1 Å². The zero-order chi connectivity index (χ0) is 12.1. The van der Waals surface area contributed by atoms with E-state index in [0.717, 1.165) is 18.7 Å². The molecule has 1 N–H and O–H groups in total. The van der Waals surface area contributed by atoms with Gasteiger partial charge in [0.2, 0.25) is 5.91 Å². The Morgan fingerprint density at radius 1 is 1.59 bits per heavy atom. The zero-order valence-electron chi connectivity index (χ0n) is 10.3. The summed E-state index contributed by atoms with van der Waals surface area (Å²) in [5.41, 5.74) is 1.13. The molecule has 0 aromatic carbocycles. The Kier molecular flexibility index (Phi) is 4.57. The highest BCUT2D eigenvalue weighted by molar-refractivity contribution is 7.07. The zero-order valence-corrected chi connectivity index (χ0v) is 11.1. The SMILES string of the molecule is CN(C[C@@H]1CCCCN1)C(=O)Cc1ccsc1. The fourth-order valence-electron chi connectivity index (χ4n) is 2.22. The molecule has 1 fully saturated rings. The summed E-state index contributed by atoms with van der Waals surface area (Å²) in [7, 11) is 1.91. The summed E-state index contributed by atoms with van der Waals surface area (Å²) in [6, 6.07) is 2.51. The molecule has 1 amide bonds. The van der Waals surface area contributed by atoms with Gasteiger partial charge in [0.1, 0.15) is 0 Å². The summed E-state index contributed by atoms with van der Waals surface area (Å²) < 4.78 is 0. The Bertz CT molecular complexity index is 344. The fourth-order valence-corrected chi connectivity index (χ4v) is 2.88. The van der Waals surface area contributed by atoms with Crippen LogP contribution in [0.25, 0.3) is 0 Å². The van der Waals surface area contributed by atoms with Gasteiger partial charge < -0.3 is 10.2 Å². The van der Waals surface area contributed by atoms with E-state index in [2.05, 4.69) is 5.32 Å². The lowest BCUT2D eigenvalue weighted by molar-refractivity contribution is -0.129. The molecule has 0 aliphatic carbocycles. The lowest BCUT2D eigenvalue weighted by Gasteiger charge is -2.28. The lowest BCUT2D eigenvalue weighted by Crippen LogP contribution is -2.44. The first-order valence-electron chi connectivity index (χ1n) is 6.24. The molecule has 1 aliphatic heterocycles. The molecule has 1 aromatic heterocycles. The van der Waals surface area contributed by atoms with Crippen molar-refractivity contribution in [2.24, 2.45) is 0 Å². The second-order valence-electron chi connectivity index (χ2n) is 4.73. The first-order chi connectivity index (χ1) is 8.25. The Morgan fingerprint density at radius 2 is 2.47 bits per heavy atom. The quantitative estimate of drug-likeness (QED) is 0.887. The molecule has 94 valence electrons. The largest absolute Gasteiger partial charge is 0.344 e. The molecule has 1 aromatic rings. The second kappa shape index (κ2) is 6.17. The van der Waals surface area contributed by atoms with E-state index in [-0.39, 0.29) is 5.91 Å². The van der Waals surface area contributed by atoms with E-state index < -0.39 is 0 Å². The van der Waals surface area contributed by atoms with E-state index in [0.29, 0.717) is 12.5 Å². The molecule has 0 unspecified atom stereocenters. The monoisotopic (exact) mass is 252 g/mol. The van der Waals surface area contributed by atoms with Crippen molar-refractivity contribution in [1.29, 1.82) is 0 Å². The van der Waals surface area contributed by atoms with Crippen LogP contribution in [0.15, 0.2) is 16.8 Å². The van der Waals surface area contributed by atoms with Crippen LogP contribution in [0.2, 0.25) is 0 Å². The highest BCUT2D eigenvalue weighted by Crippen LogP contribution is 2.10. The molecule has 0 saturated carbocycles. The number of nitrogens with one attached hydrogen (secondary N) is 1. The van der Waals surface area contributed by atoms with Gasteiger partial charge in [0.05, 0.1) is 6.42 Å². The van der Waals surface area contributed by atoms with Crippen LogP contribution in [0, 0.1) is 0 Å². The Morgan fingerprint density at radius 3 is 3.12 bits per heavy atom. The third-order valence-electron chi connectivity index (χ3n) is 3.27. The van der Waals surface area contributed by atoms with Crippen molar-refractivity contribution in [2.45, 2.75) is 31.7 Å². The minimum atomic E-state index is 0.218. The predicted molar refractivity (Wildman–Crippen MR) is 71.3 cm³/mol. The van der Waals surface area contributed by atoms with Crippen LogP contribution < -0.4 is 5.32 Å². The number of carbonyl (C=O) groups excluding carboxylic acids is 1. The number of likely N-dealkylation sites (N-methyl/N-ethyl adjacent to an activating group) is 1. The van der Waals surface area contributed by atoms with E-state index in [4.69, 9.17) is 0 Å². The maximum atomic E-state index is 12.0. The van der Waals surface area contributed by atoms with Crippen LogP contribution in [0.4, 0.5) is 0 Å². The van der Waals surface area contributed by atoms with E-state index in [1.165, 1.54) is 19.3 Å². The molecule has 4 heteroatoms. The normalized spacial score (nSPS) is 20.2. The number of rotatable bonds is 4. The predicted octanol–water partition coefficient (Wildman–Crippen LogP) is 1.89. The molecule has 3 nitrogen and oxygen atoms in total. The van der Waals surface area contributed by atoms with Gasteiger partial charge in [-0.1, -0.05) is 6.42 Å². The third-order valence-corrected chi connectivity index (χ3v) is 4.00. The summed E-state index contributed by atoms with van der Waals surface area (Å²) in [6.07, 6.45) is 4.27. The highest BCUT2D eigenvalue weighted by Gasteiger charge is 2.17. The first kappa shape index (κ1) is 12.6. The van der Waals surface area contributed by atoms with Gasteiger partial charge in [-0.05, 0) is 41.8 Å². The van der Waals surface area contributed by atoms with E-state index in [1.54, 1.807) is 11.3 Å².